The minimum absolute atomic E-state index is 0.394. The number of nitrogens with two attached hydrogens (primary N) is 1. The Hall–Kier alpha value is -0.0800. The third-order valence-electron chi connectivity index (χ3n) is 4.67. The fourth-order valence-electron chi connectivity index (χ4n) is 3.50. The van der Waals surface area contributed by atoms with Crippen LogP contribution in [0.15, 0.2) is 0 Å². The summed E-state index contributed by atoms with van der Waals surface area (Å²) in [5.41, 5.74) is 6.52. The summed E-state index contributed by atoms with van der Waals surface area (Å²) in [6.07, 6.45) is 15.0. The third kappa shape index (κ3) is 6.76. The molecule has 114 valence electrons. The summed E-state index contributed by atoms with van der Waals surface area (Å²) >= 11 is 0. The van der Waals surface area contributed by atoms with E-state index in [0.717, 1.165) is 6.54 Å². The zero-order valence-electron chi connectivity index (χ0n) is 13.4. The maximum absolute atomic E-state index is 6.52. The first kappa shape index (κ1) is 17.0. The van der Waals surface area contributed by atoms with E-state index in [0.29, 0.717) is 12.1 Å². The van der Waals surface area contributed by atoms with Crippen molar-refractivity contribution >= 4 is 0 Å². The minimum Gasteiger partial charge on any atom is -0.326 e. The van der Waals surface area contributed by atoms with Crippen LogP contribution in [0.25, 0.3) is 0 Å². The van der Waals surface area contributed by atoms with Crippen LogP contribution in [-0.2, 0) is 0 Å². The largest absolute Gasteiger partial charge is 0.326 e. The van der Waals surface area contributed by atoms with Gasteiger partial charge >= 0.3 is 0 Å². The fraction of sp³-hybridized carbons (Fsp3) is 1.00. The van der Waals surface area contributed by atoms with Crippen LogP contribution >= 0.6 is 0 Å². The van der Waals surface area contributed by atoms with Crippen molar-refractivity contribution in [2.24, 2.45) is 5.73 Å². The second-order valence-corrected chi connectivity index (χ2v) is 6.27. The van der Waals surface area contributed by atoms with Crippen molar-refractivity contribution in [2.75, 3.05) is 13.1 Å². The molecule has 0 aromatic rings. The van der Waals surface area contributed by atoms with Gasteiger partial charge in [0, 0.05) is 12.1 Å². The van der Waals surface area contributed by atoms with Crippen molar-refractivity contribution in [2.45, 2.75) is 96.6 Å². The van der Waals surface area contributed by atoms with Gasteiger partial charge in [-0.1, -0.05) is 65.2 Å². The molecule has 2 unspecified atom stereocenters. The SMILES string of the molecule is CCCN(CC)C1CCCCCCCCCCC1N. The molecule has 0 aromatic heterocycles. The summed E-state index contributed by atoms with van der Waals surface area (Å²) in [6.45, 7) is 6.95. The second kappa shape index (κ2) is 10.7. The number of hydrogen-bond acceptors (Lipinski definition) is 2. The average molecular weight is 268 g/mol. The van der Waals surface area contributed by atoms with E-state index in [1.165, 1.54) is 77.2 Å². The molecule has 1 saturated carbocycles. The molecule has 0 spiro atoms. The molecule has 2 N–H and O–H groups in total. The van der Waals surface area contributed by atoms with Gasteiger partial charge in [0.15, 0.2) is 0 Å². The first-order valence-corrected chi connectivity index (χ1v) is 8.79. The Morgan fingerprint density at radius 3 is 1.89 bits per heavy atom. The lowest BCUT2D eigenvalue weighted by Crippen LogP contribution is -2.48. The molecule has 2 atom stereocenters. The van der Waals surface area contributed by atoms with E-state index in [2.05, 4.69) is 18.7 Å². The van der Waals surface area contributed by atoms with Gasteiger partial charge in [-0.2, -0.15) is 0 Å². The molecule has 0 aliphatic heterocycles. The molecule has 0 aromatic carbocycles. The van der Waals surface area contributed by atoms with E-state index in [9.17, 15) is 0 Å². The predicted molar refractivity (Wildman–Crippen MR) is 85.5 cm³/mol. The monoisotopic (exact) mass is 268 g/mol. The van der Waals surface area contributed by atoms with E-state index in [4.69, 9.17) is 5.73 Å². The molecule has 0 bridgehead atoms. The lowest BCUT2D eigenvalue weighted by Gasteiger charge is -2.35. The highest BCUT2D eigenvalue weighted by Gasteiger charge is 2.22. The van der Waals surface area contributed by atoms with Crippen LogP contribution in [0, 0.1) is 0 Å². The van der Waals surface area contributed by atoms with E-state index >= 15 is 0 Å². The molecule has 0 radical (unpaired) electrons. The summed E-state index contributed by atoms with van der Waals surface area (Å²) in [5.74, 6) is 0. The maximum Gasteiger partial charge on any atom is 0.0247 e. The Morgan fingerprint density at radius 1 is 0.842 bits per heavy atom. The highest BCUT2D eigenvalue weighted by molar-refractivity contribution is 4.82. The molecular weight excluding hydrogens is 232 g/mol. The summed E-state index contributed by atoms with van der Waals surface area (Å²) in [7, 11) is 0. The van der Waals surface area contributed by atoms with Crippen molar-refractivity contribution in [3.05, 3.63) is 0 Å². The number of nitrogens with zero attached hydrogens (tertiary/aromatic N) is 1. The van der Waals surface area contributed by atoms with Gasteiger partial charge in [-0.25, -0.2) is 0 Å². The lowest BCUT2D eigenvalue weighted by atomic mass is 9.93. The van der Waals surface area contributed by atoms with Gasteiger partial charge in [0.25, 0.3) is 0 Å². The van der Waals surface area contributed by atoms with Gasteiger partial charge in [0.1, 0.15) is 0 Å². The van der Waals surface area contributed by atoms with Crippen LogP contribution in [0.5, 0.6) is 0 Å². The van der Waals surface area contributed by atoms with Gasteiger partial charge in [0.05, 0.1) is 0 Å². The number of likely N-dealkylation sites (N-methyl/N-ethyl adjacent to an activating group) is 1. The smallest absolute Gasteiger partial charge is 0.0247 e. The Labute approximate surface area is 121 Å². The minimum atomic E-state index is 0.394. The molecule has 1 aliphatic carbocycles. The molecule has 0 amide bonds. The topological polar surface area (TPSA) is 29.3 Å². The Balaban J connectivity index is 2.54. The normalized spacial score (nSPS) is 27.8. The first-order chi connectivity index (χ1) is 9.29. The Kier molecular flexibility index (Phi) is 9.54. The van der Waals surface area contributed by atoms with Crippen molar-refractivity contribution in [1.29, 1.82) is 0 Å². The second-order valence-electron chi connectivity index (χ2n) is 6.27. The Bertz CT molecular complexity index is 205. The van der Waals surface area contributed by atoms with Gasteiger partial charge < -0.3 is 5.73 Å². The van der Waals surface area contributed by atoms with Crippen LogP contribution in [0.1, 0.15) is 84.5 Å². The predicted octanol–water partition coefficient (Wildman–Crippen LogP) is 4.33. The standard InChI is InChI=1S/C17H36N2/c1-3-15-19(4-2)17-14-12-10-8-6-5-7-9-11-13-16(17)18/h16-17H,3-15,18H2,1-2H3. The van der Waals surface area contributed by atoms with Crippen molar-refractivity contribution in [3.63, 3.8) is 0 Å². The summed E-state index contributed by atoms with van der Waals surface area (Å²) in [6, 6.07) is 1.02. The summed E-state index contributed by atoms with van der Waals surface area (Å²) in [4.78, 5) is 2.64. The van der Waals surface area contributed by atoms with Crippen LogP contribution < -0.4 is 5.73 Å². The summed E-state index contributed by atoms with van der Waals surface area (Å²) in [5, 5.41) is 0. The molecule has 2 heteroatoms. The first-order valence-electron chi connectivity index (χ1n) is 8.79. The van der Waals surface area contributed by atoms with Gasteiger partial charge in [-0.15, -0.1) is 0 Å². The zero-order chi connectivity index (χ0) is 13.9. The molecule has 19 heavy (non-hydrogen) atoms. The highest BCUT2D eigenvalue weighted by atomic mass is 15.2. The molecular formula is C17H36N2. The van der Waals surface area contributed by atoms with Crippen molar-refractivity contribution in [1.82, 2.24) is 4.90 Å². The van der Waals surface area contributed by atoms with Crippen molar-refractivity contribution in [3.8, 4) is 0 Å². The average Bonchev–Trinajstić information content (AvgIpc) is 2.41. The fourth-order valence-corrected chi connectivity index (χ4v) is 3.50. The van der Waals surface area contributed by atoms with E-state index in [1.807, 2.05) is 0 Å². The number of hydrogen-bond donors (Lipinski definition) is 1. The highest BCUT2D eigenvalue weighted by Crippen LogP contribution is 2.20. The van der Waals surface area contributed by atoms with Crippen LogP contribution in [0.3, 0.4) is 0 Å². The quantitative estimate of drug-likeness (QED) is 0.822. The van der Waals surface area contributed by atoms with Crippen LogP contribution in [-0.4, -0.2) is 30.1 Å². The summed E-state index contributed by atoms with van der Waals surface area (Å²) < 4.78 is 0. The molecule has 1 rings (SSSR count). The van der Waals surface area contributed by atoms with Gasteiger partial charge in [-0.05, 0) is 32.4 Å². The molecule has 0 heterocycles. The van der Waals surface area contributed by atoms with Gasteiger partial charge in [-0.3, -0.25) is 4.90 Å². The van der Waals surface area contributed by atoms with Crippen molar-refractivity contribution < 1.29 is 0 Å². The van der Waals surface area contributed by atoms with Gasteiger partial charge in [0.2, 0.25) is 0 Å². The van der Waals surface area contributed by atoms with E-state index in [-0.39, 0.29) is 0 Å². The van der Waals surface area contributed by atoms with Crippen LogP contribution in [0.4, 0.5) is 0 Å². The van der Waals surface area contributed by atoms with E-state index in [1.54, 1.807) is 0 Å². The van der Waals surface area contributed by atoms with E-state index < -0.39 is 0 Å². The molecule has 1 fully saturated rings. The van der Waals surface area contributed by atoms with Crippen LogP contribution in [0.2, 0.25) is 0 Å². The molecule has 2 nitrogen and oxygen atoms in total. The molecule has 0 saturated heterocycles. The lowest BCUT2D eigenvalue weighted by molar-refractivity contribution is 0.160. The molecule has 1 aliphatic rings. The Morgan fingerprint density at radius 2 is 1.37 bits per heavy atom. The number of rotatable bonds is 4. The zero-order valence-corrected chi connectivity index (χ0v) is 13.4. The maximum atomic E-state index is 6.52. The third-order valence-corrected chi connectivity index (χ3v) is 4.67.